The molecule has 1 amide bonds. The number of rotatable bonds is 6. The van der Waals surface area contributed by atoms with Gasteiger partial charge in [-0.3, -0.25) is 4.79 Å². The van der Waals surface area contributed by atoms with Crippen molar-refractivity contribution in [1.82, 2.24) is 10.2 Å². The summed E-state index contributed by atoms with van der Waals surface area (Å²) in [7, 11) is 3.94. The molecule has 4 saturated carbocycles. The van der Waals surface area contributed by atoms with Crippen LogP contribution in [0.4, 0.5) is 0 Å². The summed E-state index contributed by atoms with van der Waals surface area (Å²) < 4.78 is 0. The summed E-state index contributed by atoms with van der Waals surface area (Å²) in [4.78, 5) is 13.8. The molecule has 1 N–H and O–H groups in total. The molecular weight excluding hydrogens is 319 g/mol. The maximum atomic E-state index is 11.3. The van der Waals surface area contributed by atoms with Crippen LogP contribution in [-0.2, 0) is 11.3 Å². The third kappa shape index (κ3) is 3.88. The monoisotopic (exact) mass is 351 g/mol. The first-order valence-electron chi connectivity index (χ1n) is 10.2. The van der Waals surface area contributed by atoms with Gasteiger partial charge in [0.15, 0.2) is 0 Å². The van der Waals surface area contributed by atoms with Gasteiger partial charge in [0, 0.05) is 26.2 Å². The Hall–Kier alpha value is -1.61. The highest BCUT2D eigenvalue weighted by molar-refractivity contribution is 5.91. The summed E-state index contributed by atoms with van der Waals surface area (Å²) in [6.45, 7) is 2.27. The molecule has 4 aliphatic rings. The number of hydrogen-bond acceptors (Lipinski definition) is 2. The molecule has 3 heteroatoms. The van der Waals surface area contributed by atoms with Gasteiger partial charge < -0.3 is 10.2 Å². The first-order chi connectivity index (χ1) is 12.5. The summed E-state index contributed by atoms with van der Waals surface area (Å²) in [5.41, 5.74) is 3.04. The Bertz CT molecular complexity index is 641. The van der Waals surface area contributed by atoms with Gasteiger partial charge in [-0.2, -0.15) is 0 Å². The third-order valence-electron chi connectivity index (χ3n) is 6.88. The molecule has 0 saturated heterocycles. The molecule has 0 atom stereocenters. The van der Waals surface area contributed by atoms with E-state index in [4.69, 9.17) is 0 Å². The summed E-state index contributed by atoms with van der Waals surface area (Å²) in [6.07, 6.45) is 12.4. The van der Waals surface area contributed by atoms with Crippen molar-refractivity contribution in [3.8, 4) is 0 Å². The van der Waals surface area contributed by atoms with Crippen LogP contribution in [0.25, 0.3) is 6.08 Å². The molecule has 1 aromatic carbocycles. The lowest BCUT2D eigenvalue weighted by Gasteiger charge is -2.57. The van der Waals surface area contributed by atoms with Crippen molar-refractivity contribution in [2.24, 2.45) is 23.2 Å². The van der Waals surface area contributed by atoms with E-state index in [1.807, 2.05) is 6.08 Å². The zero-order valence-electron chi connectivity index (χ0n) is 16.2. The van der Waals surface area contributed by atoms with Crippen LogP contribution < -0.4 is 5.32 Å². The molecule has 5 rings (SSSR count). The molecule has 0 aliphatic heterocycles. The first-order valence-corrected chi connectivity index (χ1v) is 10.2. The van der Waals surface area contributed by atoms with E-state index in [0.717, 1.165) is 29.9 Å². The molecule has 1 aromatic rings. The van der Waals surface area contributed by atoms with Gasteiger partial charge in [0.2, 0.25) is 5.91 Å². The van der Waals surface area contributed by atoms with Crippen molar-refractivity contribution in [2.75, 3.05) is 20.6 Å². The Morgan fingerprint density at radius 3 is 2.23 bits per heavy atom. The Balaban J connectivity index is 1.34. The van der Waals surface area contributed by atoms with E-state index in [9.17, 15) is 4.79 Å². The van der Waals surface area contributed by atoms with Gasteiger partial charge in [-0.05, 0) is 85.9 Å². The fourth-order valence-corrected chi connectivity index (χ4v) is 6.41. The van der Waals surface area contributed by atoms with Crippen LogP contribution in [0.5, 0.6) is 0 Å². The number of nitrogens with zero attached hydrogens (tertiary/aromatic N) is 1. The van der Waals surface area contributed by atoms with Crippen LogP contribution in [0.3, 0.4) is 0 Å². The molecular formula is C23H32N2O. The number of nitrogens with one attached hydrogen (secondary N) is 1. The quantitative estimate of drug-likeness (QED) is 0.783. The molecule has 140 valence electrons. The average Bonchev–Trinajstić information content (AvgIpc) is 2.59. The minimum atomic E-state index is -0.0654. The van der Waals surface area contributed by atoms with Crippen LogP contribution in [0, 0.1) is 23.2 Å². The fourth-order valence-electron chi connectivity index (χ4n) is 6.41. The van der Waals surface area contributed by atoms with Crippen LogP contribution in [0.1, 0.15) is 49.7 Å². The van der Waals surface area contributed by atoms with E-state index in [2.05, 4.69) is 41.5 Å². The Labute approximate surface area is 157 Å². The molecule has 0 heterocycles. The average molecular weight is 352 g/mol. The van der Waals surface area contributed by atoms with E-state index in [-0.39, 0.29) is 5.91 Å². The first kappa shape index (κ1) is 17.8. The largest absolute Gasteiger partial charge is 0.356 e. The second-order valence-electron chi connectivity index (χ2n) is 9.28. The number of carbonyl (C=O) groups is 1. The standard InChI is InChI=1S/C23H32N2O/c1-24-22(26)8-7-17-3-5-18(6-4-17)15-25(2)16-23-12-19-9-20(13-23)11-21(10-19)14-23/h3-8,19-21H,9-16H2,1-2H3,(H,24,26)/b8-7+/i2-1. The van der Waals surface area contributed by atoms with Gasteiger partial charge in [0.05, 0.1) is 0 Å². The van der Waals surface area contributed by atoms with Crippen molar-refractivity contribution in [1.29, 1.82) is 0 Å². The molecule has 26 heavy (non-hydrogen) atoms. The van der Waals surface area contributed by atoms with Crippen LogP contribution >= 0.6 is 0 Å². The molecule has 4 aliphatic carbocycles. The molecule has 0 aromatic heterocycles. The van der Waals surface area contributed by atoms with E-state index >= 15 is 0 Å². The molecule has 0 radical (unpaired) electrons. The fraction of sp³-hybridized carbons (Fsp3) is 0.609. The SMILES string of the molecule is CNC(=O)/C=C/c1ccc(CN([11CH3])CC23CC4CC(CC(C4)C2)C3)cc1. The maximum Gasteiger partial charge on any atom is 0.243 e. The minimum Gasteiger partial charge on any atom is -0.356 e. The molecule has 0 unspecified atom stereocenters. The van der Waals surface area contributed by atoms with Gasteiger partial charge >= 0.3 is 0 Å². The van der Waals surface area contributed by atoms with E-state index < -0.39 is 0 Å². The van der Waals surface area contributed by atoms with Crippen molar-refractivity contribution >= 4 is 12.0 Å². The predicted molar refractivity (Wildman–Crippen MR) is 106 cm³/mol. The highest BCUT2D eigenvalue weighted by atomic mass is 16.1. The predicted octanol–water partition coefficient (Wildman–Crippen LogP) is 4.09. The minimum absolute atomic E-state index is 0.0654. The summed E-state index contributed by atoms with van der Waals surface area (Å²) in [5, 5.41) is 2.60. The number of hydrogen-bond donors (Lipinski definition) is 1. The topological polar surface area (TPSA) is 32.3 Å². The van der Waals surface area contributed by atoms with Gasteiger partial charge in [-0.25, -0.2) is 0 Å². The van der Waals surface area contributed by atoms with E-state index in [1.165, 1.54) is 50.6 Å². The normalized spacial score (nSPS) is 32.5. The molecule has 4 fully saturated rings. The molecule has 0 spiro atoms. The highest BCUT2D eigenvalue weighted by Crippen LogP contribution is 2.60. The molecule has 4 bridgehead atoms. The van der Waals surface area contributed by atoms with Gasteiger partial charge in [-0.1, -0.05) is 24.3 Å². The van der Waals surface area contributed by atoms with Crippen LogP contribution in [0.15, 0.2) is 30.3 Å². The maximum absolute atomic E-state index is 11.3. The Morgan fingerprint density at radius 1 is 1.12 bits per heavy atom. The van der Waals surface area contributed by atoms with Gasteiger partial charge in [0.1, 0.15) is 0 Å². The van der Waals surface area contributed by atoms with E-state index in [1.54, 1.807) is 13.1 Å². The van der Waals surface area contributed by atoms with Crippen molar-refractivity contribution in [3.05, 3.63) is 41.5 Å². The Morgan fingerprint density at radius 2 is 1.69 bits per heavy atom. The number of benzene rings is 1. The number of carbonyl (C=O) groups excluding carboxylic acids is 1. The lowest BCUT2D eigenvalue weighted by Crippen LogP contribution is -2.50. The van der Waals surface area contributed by atoms with E-state index in [0.29, 0.717) is 5.41 Å². The van der Waals surface area contributed by atoms with Crippen molar-refractivity contribution in [3.63, 3.8) is 0 Å². The molecule has 3 nitrogen and oxygen atoms in total. The number of likely N-dealkylation sites (N-methyl/N-ethyl adjacent to an activating group) is 1. The lowest BCUT2D eigenvalue weighted by atomic mass is 9.49. The zero-order valence-corrected chi connectivity index (χ0v) is 16.2. The summed E-state index contributed by atoms with van der Waals surface area (Å²) in [5.74, 6) is 3.02. The lowest BCUT2D eigenvalue weighted by molar-refractivity contribution is -0.115. The summed E-state index contributed by atoms with van der Waals surface area (Å²) in [6, 6.07) is 8.60. The van der Waals surface area contributed by atoms with Gasteiger partial charge in [-0.15, -0.1) is 0 Å². The van der Waals surface area contributed by atoms with Gasteiger partial charge in [0.25, 0.3) is 0 Å². The highest BCUT2D eigenvalue weighted by Gasteiger charge is 2.50. The van der Waals surface area contributed by atoms with Crippen LogP contribution in [-0.4, -0.2) is 31.4 Å². The summed E-state index contributed by atoms with van der Waals surface area (Å²) >= 11 is 0. The second-order valence-corrected chi connectivity index (χ2v) is 9.28. The number of amides is 1. The van der Waals surface area contributed by atoms with Crippen molar-refractivity contribution < 1.29 is 4.79 Å². The smallest absolute Gasteiger partial charge is 0.243 e. The zero-order chi connectivity index (χ0) is 18.1. The second kappa shape index (κ2) is 7.19. The third-order valence-corrected chi connectivity index (χ3v) is 6.88. The van der Waals surface area contributed by atoms with Crippen LogP contribution in [0.2, 0.25) is 0 Å². The van der Waals surface area contributed by atoms with Crippen molar-refractivity contribution in [2.45, 2.75) is 45.1 Å². The Kier molecular flexibility index (Phi) is 4.92.